The zero-order valence-electron chi connectivity index (χ0n) is 15.4. The largest absolute Gasteiger partial charge is 0.322 e. The van der Waals surface area contributed by atoms with Crippen molar-refractivity contribution in [1.29, 1.82) is 0 Å². The number of carbonyl (C=O) groups is 2. The van der Waals surface area contributed by atoms with Crippen LogP contribution in [0.5, 0.6) is 0 Å². The molecule has 0 spiro atoms. The number of aromatic nitrogens is 1. The van der Waals surface area contributed by atoms with Crippen molar-refractivity contribution in [3.05, 3.63) is 84.2 Å². The smallest absolute Gasteiger partial charge is 0.257 e. The second-order valence-corrected chi connectivity index (χ2v) is 7.93. The van der Waals surface area contributed by atoms with Gasteiger partial charge in [-0.2, -0.15) is 0 Å². The lowest BCUT2D eigenvalue weighted by Crippen LogP contribution is -2.14. The summed E-state index contributed by atoms with van der Waals surface area (Å²) in [5.74, 6) is -0.624. The maximum absolute atomic E-state index is 12.3. The summed E-state index contributed by atoms with van der Waals surface area (Å²) in [6.45, 7) is 0. The van der Waals surface area contributed by atoms with Crippen LogP contribution in [0, 0.1) is 0 Å². The van der Waals surface area contributed by atoms with Crippen molar-refractivity contribution in [3.8, 4) is 0 Å². The monoisotopic (exact) mass is 410 g/mol. The Bertz CT molecular complexity index is 1110. The number of nitrogens with zero attached hydrogens (tertiary/aromatic N) is 1. The highest BCUT2D eigenvalue weighted by Crippen LogP contribution is 2.17. The first-order valence-corrected chi connectivity index (χ1v) is 10.4. The molecule has 2 aromatic carbocycles. The molecule has 0 atom stereocenters. The van der Waals surface area contributed by atoms with E-state index in [1.165, 1.54) is 30.5 Å². The third-order valence-corrected chi connectivity index (χ3v) is 4.38. The van der Waals surface area contributed by atoms with Crippen LogP contribution in [-0.4, -0.2) is 31.5 Å². The summed E-state index contributed by atoms with van der Waals surface area (Å²) in [4.78, 5) is 28.3. The van der Waals surface area contributed by atoms with Gasteiger partial charge in [-0.05, 0) is 60.7 Å². The number of pyridine rings is 1. The van der Waals surface area contributed by atoms with Gasteiger partial charge < -0.3 is 10.6 Å². The van der Waals surface area contributed by atoms with Crippen molar-refractivity contribution in [1.82, 2.24) is 4.98 Å². The molecule has 148 valence electrons. The van der Waals surface area contributed by atoms with E-state index in [4.69, 9.17) is 0 Å². The van der Waals surface area contributed by atoms with Crippen LogP contribution in [0.2, 0.25) is 0 Å². The van der Waals surface area contributed by atoms with Gasteiger partial charge in [0, 0.05) is 35.0 Å². The van der Waals surface area contributed by atoms with Gasteiger partial charge in [0.2, 0.25) is 10.0 Å². The molecule has 0 aliphatic carbocycles. The summed E-state index contributed by atoms with van der Waals surface area (Å²) >= 11 is 0. The quantitative estimate of drug-likeness (QED) is 0.578. The first kappa shape index (κ1) is 20.0. The standard InChI is InChI=1S/C20H18N4O4S/c1-29(27,28)24-18-6-4-14(5-7-18)19(25)22-16-8-10-17(11-9-16)23-20(26)15-3-2-12-21-13-15/h2-13,24H,1H3,(H,22,25)(H,23,26). The van der Waals surface area contributed by atoms with Gasteiger partial charge in [-0.1, -0.05) is 0 Å². The molecule has 0 bridgehead atoms. The molecule has 1 heterocycles. The van der Waals surface area contributed by atoms with Crippen LogP contribution in [0.1, 0.15) is 20.7 Å². The molecule has 0 saturated heterocycles. The predicted octanol–water partition coefficient (Wildman–Crippen LogP) is 2.96. The molecular formula is C20H18N4O4S. The topological polar surface area (TPSA) is 117 Å². The maximum atomic E-state index is 12.3. The number of hydrogen-bond donors (Lipinski definition) is 3. The van der Waals surface area contributed by atoms with E-state index < -0.39 is 10.0 Å². The summed E-state index contributed by atoms with van der Waals surface area (Å²) in [6.07, 6.45) is 4.11. The molecule has 8 nitrogen and oxygen atoms in total. The minimum atomic E-state index is -3.37. The molecule has 3 aromatic rings. The van der Waals surface area contributed by atoms with Crippen LogP contribution in [0.4, 0.5) is 17.1 Å². The predicted molar refractivity (Wildman–Crippen MR) is 111 cm³/mol. The van der Waals surface area contributed by atoms with Gasteiger partial charge in [-0.25, -0.2) is 8.42 Å². The molecule has 0 aliphatic rings. The van der Waals surface area contributed by atoms with E-state index in [1.54, 1.807) is 42.6 Å². The van der Waals surface area contributed by atoms with Crippen LogP contribution in [0.15, 0.2) is 73.1 Å². The minimum absolute atomic E-state index is 0.280. The molecule has 3 rings (SSSR count). The number of amides is 2. The lowest BCUT2D eigenvalue weighted by molar-refractivity contribution is 0.101. The molecule has 0 radical (unpaired) electrons. The maximum Gasteiger partial charge on any atom is 0.257 e. The highest BCUT2D eigenvalue weighted by atomic mass is 32.2. The van der Waals surface area contributed by atoms with E-state index in [1.807, 2.05) is 0 Å². The van der Waals surface area contributed by atoms with Crippen molar-refractivity contribution < 1.29 is 18.0 Å². The third kappa shape index (κ3) is 5.88. The van der Waals surface area contributed by atoms with E-state index in [2.05, 4.69) is 20.3 Å². The Morgan fingerprint density at radius 3 is 1.76 bits per heavy atom. The Morgan fingerprint density at radius 1 is 0.759 bits per heavy atom. The van der Waals surface area contributed by atoms with Crippen molar-refractivity contribution in [2.75, 3.05) is 21.6 Å². The van der Waals surface area contributed by atoms with Gasteiger partial charge in [0.15, 0.2) is 0 Å². The first-order chi connectivity index (χ1) is 13.8. The average Bonchev–Trinajstić information content (AvgIpc) is 2.69. The van der Waals surface area contributed by atoms with E-state index in [0.717, 1.165) is 6.26 Å². The Balaban J connectivity index is 1.60. The normalized spacial score (nSPS) is 10.8. The Labute approximate surface area is 168 Å². The van der Waals surface area contributed by atoms with Crippen LogP contribution in [-0.2, 0) is 10.0 Å². The lowest BCUT2D eigenvalue weighted by Gasteiger charge is -2.09. The van der Waals surface area contributed by atoms with Gasteiger partial charge in [-0.15, -0.1) is 0 Å². The summed E-state index contributed by atoms with van der Waals surface area (Å²) in [5, 5.41) is 5.49. The van der Waals surface area contributed by atoms with Crippen molar-refractivity contribution in [2.45, 2.75) is 0 Å². The fourth-order valence-corrected chi connectivity index (χ4v) is 3.01. The van der Waals surface area contributed by atoms with E-state index in [9.17, 15) is 18.0 Å². The Hall–Kier alpha value is -3.72. The van der Waals surface area contributed by atoms with E-state index in [0.29, 0.717) is 28.2 Å². The fourth-order valence-electron chi connectivity index (χ4n) is 2.44. The Kier molecular flexibility index (Phi) is 5.89. The molecule has 0 unspecified atom stereocenters. The number of sulfonamides is 1. The Morgan fingerprint density at radius 2 is 1.28 bits per heavy atom. The lowest BCUT2D eigenvalue weighted by atomic mass is 10.2. The van der Waals surface area contributed by atoms with Crippen LogP contribution < -0.4 is 15.4 Å². The number of hydrogen-bond acceptors (Lipinski definition) is 5. The van der Waals surface area contributed by atoms with Gasteiger partial charge in [0.1, 0.15) is 0 Å². The number of nitrogens with one attached hydrogen (secondary N) is 3. The molecule has 3 N–H and O–H groups in total. The van der Waals surface area contributed by atoms with Crippen LogP contribution >= 0.6 is 0 Å². The van der Waals surface area contributed by atoms with Crippen LogP contribution in [0.25, 0.3) is 0 Å². The summed E-state index contributed by atoms with van der Waals surface area (Å²) < 4.78 is 24.8. The van der Waals surface area contributed by atoms with Crippen molar-refractivity contribution >= 4 is 38.9 Å². The molecule has 2 amide bonds. The molecule has 1 aromatic heterocycles. The molecule has 0 saturated carbocycles. The number of carbonyl (C=O) groups excluding carboxylic acids is 2. The second kappa shape index (κ2) is 8.53. The average molecular weight is 410 g/mol. The summed E-state index contributed by atoms with van der Waals surface area (Å²) in [6, 6.07) is 16.1. The molecule has 0 aliphatic heterocycles. The van der Waals surface area contributed by atoms with Crippen molar-refractivity contribution in [3.63, 3.8) is 0 Å². The van der Waals surface area contributed by atoms with Crippen LogP contribution in [0.3, 0.4) is 0 Å². The molecule has 29 heavy (non-hydrogen) atoms. The summed E-state index contributed by atoms with van der Waals surface area (Å²) in [5.41, 5.74) is 2.32. The van der Waals surface area contributed by atoms with Gasteiger partial charge in [-0.3, -0.25) is 19.3 Å². The fraction of sp³-hybridized carbons (Fsp3) is 0.0500. The first-order valence-electron chi connectivity index (χ1n) is 8.51. The van der Waals surface area contributed by atoms with Crippen molar-refractivity contribution in [2.24, 2.45) is 0 Å². The zero-order chi connectivity index (χ0) is 20.9. The van der Waals surface area contributed by atoms with Gasteiger partial charge >= 0.3 is 0 Å². The number of benzene rings is 2. The number of anilines is 3. The molecular weight excluding hydrogens is 392 g/mol. The number of rotatable bonds is 6. The third-order valence-electron chi connectivity index (χ3n) is 3.77. The highest BCUT2D eigenvalue weighted by Gasteiger charge is 2.09. The second-order valence-electron chi connectivity index (χ2n) is 6.18. The van der Waals surface area contributed by atoms with E-state index in [-0.39, 0.29) is 11.8 Å². The minimum Gasteiger partial charge on any atom is -0.322 e. The van der Waals surface area contributed by atoms with Gasteiger partial charge in [0.05, 0.1) is 11.8 Å². The molecule has 9 heteroatoms. The summed E-state index contributed by atoms with van der Waals surface area (Å²) in [7, 11) is -3.37. The SMILES string of the molecule is CS(=O)(=O)Nc1ccc(C(=O)Nc2ccc(NC(=O)c3cccnc3)cc2)cc1. The molecule has 0 fully saturated rings. The zero-order valence-corrected chi connectivity index (χ0v) is 16.2. The van der Waals surface area contributed by atoms with Gasteiger partial charge in [0.25, 0.3) is 11.8 Å². The highest BCUT2D eigenvalue weighted by molar-refractivity contribution is 7.92. The van der Waals surface area contributed by atoms with E-state index >= 15 is 0 Å².